The van der Waals surface area contributed by atoms with Gasteiger partial charge in [-0.2, -0.15) is 0 Å². The van der Waals surface area contributed by atoms with E-state index in [1.165, 1.54) is 19.5 Å². The summed E-state index contributed by atoms with van der Waals surface area (Å²) in [5, 5.41) is 12.8. The molecule has 2 fully saturated rings. The van der Waals surface area contributed by atoms with Gasteiger partial charge in [0.25, 0.3) is 0 Å². The second-order valence-corrected chi connectivity index (χ2v) is 7.72. The zero-order valence-electron chi connectivity index (χ0n) is 13.9. The van der Waals surface area contributed by atoms with Crippen molar-refractivity contribution in [1.29, 1.82) is 0 Å². The predicted molar refractivity (Wildman–Crippen MR) is 85.4 cm³/mol. The average molecular weight is 296 g/mol. The predicted octanol–water partition coefficient (Wildman–Crippen LogP) is 2.73. The summed E-state index contributed by atoms with van der Waals surface area (Å²) in [7, 11) is 0. The summed E-state index contributed by atoms with van der Waals surface area (Å²) < 4.78 is 0. The molecule has 0 spiro atoms. The van der Waals surface area contributed by atoms with E-state index in [-0.39, 0.29) is 0 Å². The summed E-state index contributed by atoms with van der Waals surface area (Å²) in [4.78, 5) is 14.1. The van der Waals surface area contributed by atoms with Crippen molar-refractivity contribution < 1.29 is 9.90 Å². The molecule has 2 N–H and O–H groups in total. The molecule has 1 aliphatic heterocycles. The number of aliphatic carboxylic acids is 1. The van der Waals surface area contributed by atoms with E-state index in [0.717, 1.165) is 50.5 Å². The lowest BCUT2D eigenvalue weighted by Gasteiger charge is -2.35. The van der Waals surface area contributed by atoms with Gasteiger partial charge in [0, 0.05) is 19.1 Å². The van der Waals surface area contributed by atoms with Crippen LogP contribution in [-0.4, -0.2) is 47.2 Å². The fourth-order valence-corrected chi connectivity index (χ4v) is 3.71. The molecule has 0 radical (unpaired) electrons. The summed E-state index contributed by atoms with van der Waals surface area (Å²) in [6.07, 6.45) is 6.44. The quantitative estimate of drug-likeness (QED) is 0.676. The number of likely N-dealkylation sites (tertiary alicyclic amines) is 1. The maximum Gasteiger partial charge on any atom is 0.323 e. The highest BCUT2D eigenvalue weighted by molar-refractivity contribution is 5.78. The first-order valence-corrected chi connectivity index (χ1v) is 8.62. The molecule has 3 atom stereocenters. The first-order valence-electron chi connectivity index (χ1n) is 8.62. The zero-order valence-corrected chi connectivity index (χ0v) is 13.9. The lowest BCUT2D eigenvalue weighted by atomic mass is 9.91. The van der Waals surface area contributed by atoms with Crippen LogP contribution in [0.25, 0.3) is 0 Å². The number of hydrogen-bond acceptors (Lipinski definition) is 3. The van der Waals surface area contributed by atoms with E-state index < -0.39 is 11.5 Å². The lowest BCUT2D eigenvalue weighted by molar-refractivity contribution is -0.144. The Bertz CT molecular complexity index is 347. The van der Waals surface area contributed by atoms with Crippen molar-refractivity contribution in [3.8, 4) is 0 Å². The van der Waals surface area contributed by atoms with Crippen LogP contribution in [0.1, 0.15) is 59.3 Å². The number of rotatable bonds is 8. The highest BCUT2D eigenvalue weighted by Gasteiger charge is 2.37. The van der Waals surface area contributed by atoms with E-state index in [0.29, 0.717) is 6.04 Å². The average Bonchev–Trinajstić information content (AvgIpc) is 3.17. The van der Waals surface area contributed by atoms with Crippen molar-refractivity contribution in [2.45, 2.75) is 70.9 Å². The molecular weight excluding hydrogens is 264 g/mol. The summed E-state index contributed by atoms with van der Waals surface area (Å²) in [5.41, 5.74) is -0.732. The molecule has 1 heterocycles. The van der Waals surface area contributed by atoms with Gasteiger partial charge in [-0.05, 0) is 63.8 Å². The highest BCUT2D eigenvalue weighted by atomic mass is 16.4. The molecule has 4 heteroatoms. The molecule has 122 valence electrons. The van der Waals surface area contributed by atoms with Crippen molar-refractivity contribution in [2.75, 3.05) is 19.6 Å². The van der Waals surface area contributed by atoms with E-state index in [1.54, 1.807) is 0 Å². The number of unbranched alkanes of at least 4 members (excludes halogenated alkanes) is 1. The fourth-order valence-electron chi connectivity index (χ4n) is 3.71. The second kappa shape index (κ2) is 7.10. The van der Waals surface area contributed by atoms with E-state index >= 15 is 0 Å². The summed E-state index contributed by atoms with van der Waals surface area (Å²) >= 11 is 0. The molecule has 1 aliphatic carbocycles. The van der Waals surface area contributed by atoms with Crippen LogP contribution in [0.15, 0.2) is 0 Å². The minimum absolute atomic E-state index is 0.440. The van der Waals surface area contributed by atoms with Gasteiger partial charge in [0.05, 0.1) is 0 Å². The Hall–Kier alpha value is -0.610. The van der Waals surface area contributed by atoms with E-state index in [1.807, 2.05) is 6.92 Å². The van der Waals surface area contributed by atoms with Gasteiger partial charge in [-0.15, -0.1) is 0 Å². The lowest BCUT2D eigenvalue weighted by Crippen LogP contribution is -2.50. The number of carboxylic acid groups (broad SMARTS) is 1. The minimum Gasteiger partial charge on any atom is -0.480 e. The molecule has 21 heavy (non-hydrogen) atoms. The van der Waals surface area contributed by atoms with Crippen molar-refractivity contribution >= 4 is 5.97 Å². The number of nitrogens with one attached hydrogen (secondary N) is 1. The van der Waals surface area contributed by atoms with Crippen molar-refractivity contribution in [2.24, 2.45) is 11.8 Å². The Morgan fingerprint density at radius 1 is 1.24 bits per heavy atom. The molecule has 2 rings (SSSR count). The largest absolute Gasteiger partial charge is 0.480 e. The molecular formula is C17H32N2O2. The first-order chi connectivity index (χ1) is 9.89. The van der Waals surface area contributed by atoms with Crippen molar-refractivity contribution in [1.82, 2.24) is 10.2 Å². The standard InChI is InChI=1S/C17H32N2O2/c1-13-10-14(2)12-19(11-13)9-5-4-8-17(3,16(20)21)18-15-6-7-15/h13-15,18H,4-12H2,1-3H3,(H,20,21). The fraction of sp³-hybridized carbons (Fsp3) is 0.941. The van der Waals surface area contributed by atoms with Crippen LogP contribution >= 0.6 is 0 Å². The smallest absolute Gasteiger partial charge is 0.323 e. The monoisotopic (exact) mass is 296 g/mol. The molecule has 4 nitrogen and oxygen atoms in total. The van der Waals surface area contributed by atoms with Gasteiger partial charge in [-0.25, -0.2) is 0 Å². The number of hydrogen-bond donors (Lipinski definition) is 2. The second-order valence-electron chi connectivity index (χ2n) is 7.72. The molecule has 1 saturated heterocycles. The Morgan fingerprint density at radius 2 is 1.86 bits per heavy atom. The third-order valence-corrected chi connectivity index (χ3v) is 4.92. The van der Waals surface area contributed by atoms with Gasteiger partial charge in [-0.3, -0.25) is 10.1 Å². The minimum atomic E-state index is -0.732. The molecule has 2 aliphatic rings. The Balaban J connectivity index is 1.68. The Morgan fingerprint density at radius 3 is 2.38 bits per heavy atom. The Kier molecular flexibility index (Phi) is 5.67. The highest BCUT2D eigenvalue weighted by Crippen LogP contribution is 2.26. The molecule has 0 amide bonds. The van der Waals surface area contributed by atoms with Crippen LogP contribution in [0.5, 0.6) is 0 Å². The molecule has 0 bridgehead atoms. The molecule has 1 saturated carbocycles. The number of carbonyl (C=O) groups is 1. The van der Waals surface area contributed by atoms with E-state index in [9.17, 15) is 9.90 Å². The van der Waals surface area contributed by atoms with Crippen LogP contribution in [0.2, 0.25) is 0 Å². The van der Waals surface area contributed by atoms with E-state index in [4.69, 9.17) is 0 Å². The van der Waals surface area contributed by atoms with Crippen LogP contribution in [-0.2, 0) is 4.79 Å². The number of piperidine rings is 1. The van der Waals surface area contributed by atoms with Gasteiger partial charge < -0.3 is 10.0 Å². The topological polar surface area (TPSA) is 52.6 Å². The van der Waals surface area contributed by atoms with Crippen LogP contribution in [0.3, 0.4) is 0 Å². The maximum absolute atomic E-state index is 11.5. The molecule has 0 aromatic rings. The van der Waals surface area contributed by atoms with Gasteiger partial charge >= 0.3 is 5.97 Å². The summed E-state index contributed by atoms with van der Waals surface area (Å²) in [6, 6.07) is 0.440. The van der Waals surface area contributed by atoms with Gasteiger partial charge in [0.2, 0.25) is 0 Å². The van der Waals surface area contributed by atoms with Crippen LogP contribution < -0.4 is 5.32 Å². The Labute approximate surface area is 129 Å². The summed E-state index contributed by atoms with van der Waals surface area (Å²) in [6.45, 7) is 10.1. The first kappa shape index (κ1) is 16.8. The molecule has 0 aromatic carbocycles. The molecule has 3 unspecified atom stereocenters. The third kappa shape index (κ3) is 5.26. The van der Waals surface area contributed by atoms with Crippen LogP contribution in [0, 0.1) is 11.8 Å². The van der Waals surface area contributed by atoms with Crippen molar-refractivity contribution in [3.05, 3.63) is 0 Å². The third-order valence-electron chi connectivity index (χ3n) is 4.92. The van der Waals surface area contributed by atoms with E-state index in [2.05, 4.69) is 24.1 Å². The summed E-state index contributed by atoms with van der Waals surface area (Å²) in [5.74, 6) is 0.902. The normalized spacial score (nSPS) is 30.0. The van der Waals surface area contributed by atoms with Crippen LogP contribution in [0.4, 0.5) is 0 Å². The number of carboxylic acids is 1. The van der Waals surface area contributed by atoms with Crippen molar-refractivity contribution in [3.63, 3.8) is 0 Å². The van der Waals surface area contributed by atoms with Gasteiger partial charge in [0.1, 0.15) is 5.54 Å². The molecule has 0 aromatic heterocycles. The van der Waals surface area contributed by atoms with Gasteiger partial charge in [0.15, 0.2) is 0 Å². The van der Waals surface area contributed by atoms with Gasteiger partial charge in [-0.1, -0.05) is 13.8 Å². The SMILES string of the molecule is CC1CC(C)CN(CCCCC(C)(NC2CC2)C(=O)O)C1. The number of nitrogens with zero attached hydrogens (tertiary/aromatic N) is 1. The maximum atomic E-state index is 11.5. The zero-order chi connectivity index (χ0) is 15.5.